The average molecular weight is 511 g/mol. The summed E-state index contributed by atoms with van der Waals surface area (Å²) in [5.41, 5.74) is 1.96. The van der Waals surface area contributed by atoms with Crippen LogP contribution in [0.4, 0.5) is 4.79 Å². The lowest BCUT2D eigenvalue weighted by Crippen LogP contribution is -2.56. The van der Waals surface area contributed by atoms with E-state index in [-0.39, 0.29) is 6.23 Å². The van der Waals surface area contributed by atoms with Gasteiger partial charge in [-0.1, -0.05) is 84.6 Å². The molecule has 8 heteroatoms. The zero-order chi connectivity index (χ0) is 25.4. The number of aromatic nitrogens is 2. The number of ether oxygens (including phenoxy) is 3. The standard InChI is InChI=1S/C27H48N3O4S/c1-5-8-10-12-13-14-16-21-33-27(31)34-24(7-3)30(4)19-17-18-23(22-30)25-26(29-35-28-25)32-20-15-11-9-6-2/h18,24H,5-17,19-22H2,1-4H3/q+1. The average Bonchev–Trinajstić information content (AvgIpc) is 3.32. The Morgan fingerprint density at radius 3 is 2.34 bits per heavy atom. The Balaban J connectivity index is 1.82. The first kappa shape index (κ1) is 29.6. The second kappa shape index (κ2) is 16.9. The first-order valence-corrected chi connectivity index (χ1v) is 14.6. The summed E-state index contributed by atoms with van der Waals surface area (Å²) in [6.45, 7) is 9.22. The molecule has 0 N–H and O–H groups in total. The number of likely N-dealkylation sites (N-methyl/N-ethyl adjacent to an activating group) is 1. The molecule has 2 atom stereocenters. The molecule has 1 aliphatic rings. The molecule has 2 unspecified atom stereocenters. The summed E-state index contributed by atoms with van der Waals surface area (Å²) in [5.74, 6) is 0.634. The highest BCUT2D eigenvalue weighted by Gasteiger charge is 2.38. The predicted molar refractivity (Wildman–Crippen MR) is 143 cm³/mol. The van der Waals surface area contributed by atoms with Gasteiger partial charge in [-0.15, -0.1) is 4.37 Å². The van der Waals surface area contributed by atoms with E-state index in [0.29, 0.717) is 23.6 Å². The fraction of sp³-hybridized carbons (Fsp3) is 0.815. The van der Waals surface area contributed by atoms with Crippen LogP contribution in [0.15, 0.2) is 6.08 Å². The summed E-state index contributed by atoms with van der Waals surface area (Å²) >= 11 is 1.19. The third-order valence-electron chi connectivity index (χ3n) is 6.81. The van der Waals surface area contributed by atoms with Gasteiger partial charge in [-0.3, -0.25) is 4.48 Å². The van der Waals surface area contributed by atoms with Crippen molar-refractivity contribution in [2.24, 2.45) is 0 Å². The van der Waals surface area contributed by atoms with E-state index in [1.54, 1.807) is 0 Å². The van der Waals surface area contributed by atoms with Crippen LogP contribution >= 0.6 is 11.7 Å². The van der Waals surface area contributed by atoms with Gasteiger partial charge in [0.15, 0.2) is 0 Å². The smallest absolute Gasteiger partial charge is 0.475 e. The molecular formula is C27H48N3O4S+. The number of quaternary nitrogens is 1. The Morgan fingerprint density at radius 1 is 0.971 bits per heavy atom. The summed E-state index contributed by atoms with van der Waals surface area (Å²) in [5, 5.41) is 0. The molecule has 0 saturated heterocycles. The van der Waals surface area contributed by atoms with Gasteiger partial charge in [0.05, 0.1) is 38.5 Å². The zero-order valence-corrected chi connectivity index (χ0v) is 23.4. The molecule has 35 heavy (non-hydrogen) atoms. The monoisotopic (exact) mass is 510 g/mol. The Bertz CT molecular complexity index is 755. The highest BCUT2D eigenvalue weighted by atomic mass is 32.1. The van der Waals surface area contributed by atoms with Crippen molar-refractivity contribution < 1.29 is 23.5 Å². The summed E-state index contributed by atoms with van der Waals surface area (Å²) in [4.78, 5) is 12.4. The van der Waals surface area contributed by atoms with Crippen LogP contribution in [0.5, 0.6) is 5.88 Å². The highest BCUT2D eigenvalue weighted by Crippen LogP contribution is 2.32. The van der Waals surface area contributed by atoms with Crippen molar-refractivity contribution >= 4 is 23.5 Å². The topological polar surface area (TPSA) is 70.5 Å². The molecule has 200 valence electrons. The van der Waals surface area contributed by atoms with Gasteiger partial charge in [-0.05, 0) is 12.8 Å². The summed E-state index contributed by atoms with van der Waals surface area (Å²) in [7, 11) is 2.15. The molecule has 0 amide bonds. The van der Waals surface area contributed by atoms with Crippen molar-refractivity contribution in [2.75, 3.05) is 33.4 Å². The Labute approximate surface area is 217 Å². The minimum atomic E-state index is -0.551. The summed E-state index contributed by atoms with van der Waals surface area (Å²) in [6.07, 6.45) is 16.0. The van der Waals surface area contributed by atoms with Gasteiger partial charge in [0.1, 0.15) is 12.2 Å². The van der Waals surface area contributed by atoms with Crippen LogP contribution in [-0.2, 0) is 9.47 Å². The van der Waals surface area contributed by atoms with Gasteiger partial charge in [0.2, 0.25) is 6.23 Å². The molecule has 0 aliphatic carbocycles. The van der Waals surface area contributed by atoms with Crippen LogP contribution in [0.25, 0.3) is 5.57 Å². The first-order chi connectivity index (χ1) is 17.0. The van der Waals surface area contributed by atoms with Crippen LogP contribution < -0.4 is 4.74 Å². The minimum Gasteiger partial charge on any atom is -0.475 e. The van der Waals surface area contributed by atoms with Crippen LogP contribution in [-0.4, -0.2) is 59.0 Å². The largest absolute Gasteiger partial charge is 0.512 e. The van der Waals surface area contributed by atoms with Crippen LogP contribution in [0.2, 0.25) is 0 Å². The number of nitrogens with zero attached hydrogens (tertiary/aromatic N) is 3. The zero-order valence-electron chi connectivity index (χ0n) is 22.6. The van der Waals surface area contributed by atoms with E-state index in [1.807, 2.05) is 0 Å². The van der Waals surface area contributed by atoms with Crippen molar-refractivity contribution in [2.45, 2.75) is 110 Å². The number of hydrogen-bond acceptors (Lipinski definition) is 7. The molecule has 2 heterocycles. The summed E-state index contributed by atoms with van der Waals surface area (Å²) < 4.78 is 26.7. The number of rotatable bonds is 18. The normalized spacial score (nSPS) is 18.7. The molecule has 0 bridgehead atoms. The van der Waals surface area contributed by atoms with Gasteiger partial charge in [0.25, 0.3) is 5.88 Å². The van der Waals surface area contributed by atoms with E-state index in [1.165, 1.54) is 63.1 Å². The molecule has 7 nitrogen and oxygen atoms in total. The van der Waals surface area contributed by atoms with Crippen molar-refractivity contribution in [3.8, 4) is 5.88 Å². The second-order valence-electron chi connectivity index (χ2n) is 9.91. The SMILES string of the molecule is CCCCCCCCCOC(=O)OC(CC)[N+]1(C)CCC=C(c2nsnc2OCCCCCC)C1. The molecule has 1 aromatic rings. The number of carbonyl (C=O) groups excluding carboxylic acids is 1. The Morgan fingerprint density at radius 2 is 1.63 bits per heavy atom. The van der Waals surface area contributed by atoms with E-state index in [4.69, 9.17) is 14.2 Å². The lowest BCUT2D eigenvalue weighted by molar-refractivity contribution is -0.947. The van der Waals surface area contributed by atoms with E-state index in [2.05, 4.69) is 42.6 Å². The molecule has 0 radical (unpaired) electrons. The quantitative estimate of drug-likeness (QED) is 0.117. The molecule has 0 saturated carbocycles. The first-order valence-electron chi connectivity index (χ1n) is 13.9. The van der Waals surface area contributed by atoms with E-state index in [9.17, 15) is 4.79 Å². The Kier molecular flexibility index (Phi) is 14.3. The van der Waals surface area contributed by atoms with Gasteiger partial charge in [-0.2, -0.15) is 4.37 Å². The lowest BCUT2D eigenvalue weighted by Gasteiger charge is -2.42. The molecular weight excluding hydrogens is 462 g/mol. The van der Waals surface area contributed by atoms with E-state index < -0.39 is 6.16 Å². The van der Waals surface area contributed by atoms with Gasteiger partial charge in [0, 0.05) is 18.4 Å². The molecule has 1 aromatic heterocycles. The van der Waals surface area contributed by atoms with Crippen molar-refractivity contribution in [1.82, 2.24) is 8.75 Å². The molecule has 0 spiro atoms. The molecule has 0 fully saturated rings. The van der Waals surface area contributed by atoms with Crippen LogP contribution in [0.1, 0.15) is 110 Å². The fourth-order valence-electron chi connectivity index (χ4n) is 4.66. The Hall–Kier alpha value is -1.67. The third-order valence-corrected chi connectivity index (χ3v) is 7.32. The minimum absolute atomic E-state index is 0.259. The molecule has 1 aliphatic heterocycles. The third kappa shape index (κ3) is 10.5. The highest BCUT2D eigenvalue weighted by molar-refractivity contribution is 6.99. The van der Waals surface area contributed by atoms with Gasteiger partial charge in [-0.25, -0.2) is 4.79 Å². The lowest BCUT2D eigenvalue weighted by atomic mass is 10.0. The fourth-order valence-corrected chi connectivity index (χ4v) is 5.20. The maximum atomic E-state index is 12.4. The molecule has 0 aromatic carbocycles. The van der Waals surface area contributed by atoms with Gasteiger partial charge < -0.3 is 14.2 Å². The predicted octanol–water partition coefficient (Wildman–Crippen LogP) is 7.37. The van der Waals surface area contributed by atoms with Crippen LogP contribution in [0.3, 0.4) is 0 Å². The maximum absolute atomic E-state index is 12.4. The second-order valence-corrected chi connectivity index (χ2v) is 10.4. The summed E-state index contributed by atoms with van der Waals surface area (Å²) in [6, 6.07) is 0. The van der Waals surface area contributed by atoms with Crippen molar-refractivity contribution in [1.29, 1.82) is 0 Å². The maximum Gasteiger partial charge on any atom is 0.512 e. The van der Waals surface area contributed by atoms with Crippen molar-refractivity contribution in [3.05, 3.63) is 11.8 Å². The molecule has 2 rings (SSSR count). The number of carbonyl (C=O) groups is 1. The van der Waals surface area contributed by atoms with E-state index >= 15 is 0 Å². The number of hydrogen-bond donors (Lipinski definition) is 0. The van der Waals surface area contributed by atoms with Crippen molar-refractivity contribution in [3.63, 3.8) is 0 Å². The number of unbranched alkanes of at least 4 members (excludes halogenated alkanes) is 9. The van der Waals surface area contributed by atoms with Crippen LogP contribution in [0, 0.1) is 0 Å². The van der Waals surface area contributed by atoms with E-state index in [0.717, 1.165) is 56.5 Å². The van der Waals surface area contributed by atoms with Gasteiger partial charge >= 0.3 is 6.16 Å².